The van der Waals surface area contributed by atoms with Crippen LogP contribution in [0, 0.1) is 0 Å². The first-order valence-electron chi connectivity index (χ1n) is 9.47. The number of thioether (sulfide) groups is 1. The van der Waals surface area contributed by atoms with Crippen molar-refractivity contribution in [1.82, 2.24) is 10.2 Å². The van der Waals surface area contributed by atoms with Crippen molar-refractivity contribution in [2.24, 2.45) is 0 Å². The number of amides is 2. The molecule has 2 aromatic rings. The van der Waals surface area contributed by atoms with Gasteiger partial charge in [-0.25, -0.2) is 0 Å². The molecule has 3 unspecified atom stereocenters. The van der Waals surface area contributed by atoms with Crippen molar-refractivity contribution in [3.8, 4) is 5.75 Å². The average molecular weight is 397 g/mol. The molecule has 0 aromatic heterocycles. The second-order valence-electron chi connectivity index (χ2n) is 7.39. The summed E-state index contributed by atoms with van der Waals surface area (Å²) in [6.45, 7) is 2.06. The van der Waals surface area contributed by atoms with Crippen LogP contribution in [0.4, 0.5) is 0 Å². The fourth-order valence-corrected chi connectivity index (χ4v) is 5.49. The molecule has 0 saturated carbocycles. The maximum absolute atomic E-state index is 13.2. The molecule has 2 aliphatic heterocycles. The summed E-state index contributed by atoms with van der Waals surface area (Å²) in [4.78, 5) is 27.1. The van der Waals surface area contributed by atoms with Gasteiger partial charge < -0.3 is 15.0 Å². The van der Waals surface area contributed by atoms with Crippen LogP contribution in [0.1, 0.15) is 36.9 Å². The van der Waals surface area contributed by atoms with Crippen LogP contribution >= 0.6 is 11.8 Å². The van der Waals surface area contributed by atoms with Crippen LogP contribution in [0.5, 0.6) is 5.75 Å². The Hall–Kier alpha value is -2.47. The Kier molecular flexibility index (Phi) is 5.06. The molecule has 2 heterocycles. The fraction of sp³-hybridized carbons (Fsp3) is 0.364. The Labute approximate surface area is 169 Å². The molecule has 0 aliphatic carbocycles. The normalized spacial score (nSPS) is 24.7. The largest absolute Gasteiger partial charge is 0.497 e. The van der Waals surface area contributed by atoms with Crippen molar-refractivity contribution < 1.29 is 14.3 Å². The van der Waals surface area contributed by atoms with Gasteiger partial charge in [-0.2, -0.15) is 0 Å². The Bertz CT molecular complexity index is 871. The number of nitrogens with zero attached hydrogens (tertiary/aromatic N) is 1. The van der Waals surface area contributed by atoms with Crippen LogP contribution in [-0.4, -0.2) is 40.5 Å². The van der Waals surface area contributed by atoms with E-state index in [2.05, 4.69) is 12.2 Å². The highest BCUT2D eigenvalue weighted by atomic mass is 32.2. The topological polar surface area (TPSA) is 58.6 Å². The molecule has 5 nitrogen and oxygen atoms in total. The number of carbonyl (C=O) groups excluding carboxylic acids is 2. The van der Waals surface area contributed by atoms with E-state index >= 15 is 0 Å². The van der Waals surface area contributed by atoms with E-state index in [4.69, 9.17) is 4.74 Å². The highest BCUT2D eigenvalue weighted by molar-refractivity contribution is 8.01. The van der Waals surface area contributed by atoms with E-state index in [0.717, 1.165) is 23.3 Å². The standard InChI is InChI=1S/C22H24N2O3S/c1-22-13-12-19(25)24(22)18(14-28-22)21(26)23-20(15-6-4-3-5-7-15)16-8-10-17(27-2)11-9-16/h3-11,18,20H,12-14H2,1-2H3,(H,23,26). The van der Waals surface area contributed by atoms with Gasteiger partial charge in [0.15, 0.2) is 0 Å². The van der Waals surface area contributed by atoms with E-state index in [1.807, 2.05) is 54.6 Å². The molecule has 146 valence electrons. The Morgan fingerprint density at radius 2 is 1.86 bits per heavy atom. The third kappa shape index (κ3) is 3.37. The van der Waals surface area contributed by atoms with Crippen molar-refractivity contribution in [3.63, 3.8) is 0 Å². The number of nitrogens with one attached hydrogen (secondary N) is 1. The van der Waals surface area contributed by atoms with E-state index in [0.29, 0.717) is 12.2 Å². The van der Waals surface area contributed by atoms with Crippen LogP contribution < -0.4 is 10.1 Å². The summed E-state index contributed by atoms with van der Waals surface area (Å²) in [5, 5.41) is 3.19. The minimum absolute atomic E-state index is 0.0772. The molecule has 3 atom stereocenters. The zero-order chi connectivity index (χ0) is 19.7. The third-order valence-electron chi connectivity index (χ3n) is 5.62. The van der Waals surface area contributed by atoms with Gasteiger partial charge in [-0.15, -0.1) is 11.8 Å². The zero-order valence-electron chi connectivity index (χ0n) is 16.1. The van der Waals surface area contributed by atoms with Crippen molar-refractivity contribution in [2.75, 3.05) is 12.9 Å². The van der Waals surface area contributed by atoms with Gasteiger partial charge in [0.25, 0.3) is 0 Å². The van der Waals surface area contributed by atoms with E-state index in [1.165, 1.54) is 0 Å². The molecule has 1 N–H and O–H groups in total. The summed E-state index contributed by atoms with van der Waals surface area (Å²) in [5.41, 5.74) is 1.98. The van der Waals surface area contributed by atoms with E-state index in [1.54, 1.807) is 23.8 Å². The minimum atomic E-state index is -0.422. The average Bonchev–Trinajstić information content (AvgIpc) is 3.22. The molecule has 6 heteroatoms. The van der Waals surface area contributed by atoms with Gasteiger partial charge in [0, 0.05) is 12.2 Å². The Balaban J connectivity index is 1.60. The number of carbonyl (C=O) groups is 2. The molecule has 0 spiro atoms. The summed E-state index contributed by atoms with van der Waals surface area (Å²) in [6.07, 6.45) is 1.33. The Morgan fingerprint density at radius 1 is 1.18 bits per heavy atom. The highest BCUT2D eigenvalue weighted by Crippen LogP contribution is 2.47. The molecular weight excluding hydrogens is 372 g/mol. The van der Waals surface area contributed by atoms with Crippen LogP contribution in [0.15, 0.2) is 54.6 Å². The van der Waals surface area contributed by atoms with Gasteiger partial charge in [0.2, 0.25) is 11.8 Å². The lowest BCUT2D eigenvalue weighted by Gasteiger charge is -2.31. The van der Waals surface area contributed by atoms with Crippen LogP contribution in [0.25, 0.3) is 0 Å². The van der Waals surface area contributed by atoms with E-state index in [9.17, 15) is 9.59 Å². The predicted molar refractivity (Wildman–Crippen MR) is 110 cm³/mol. The number of benzene rings is 2. The molecule has 0 bridgehead atoms. The first kappa shape index (κ1) is 18.9. The smallest absolute Gasteiger partial charge is 0.244 e. The summed E-state index contributed by atoms with van der Waals surface area (Å²) in [6, 6.07) is 16.9. The molecule has 4 rings (SSSR count). The number of fused-ring (bicyclic) bond motifs is 1. The number of hydrogen-bond donors (Lipinski definition) is 1. The molecule has 2 amide bonds. The first-order chi connectivity index (χ1) is 13.5. The van der Waals surface area contributed by atoms with Crippen molar-refractivity contribution in [1.29, 1.82) is 0 Å². The van der Waals surface area contributed by atoms with E-state index in [-0.39, 0.29) is 22.7 Å². The minimum Gasteiger partial charge on any atom is -0.497 e. The molecule has 2 aliphatic rings. The first-order valence-corrected chi connectivity index (χ1v) is 10.5. The molecule has 2 saturated heterocycles. The SMILES string of the molecule is COc1ccc(C(NC(=O)C2CSC3(C)CCC(=O)N23)c2ccccc2)cc1. The lowest BCUT2D eigenvalue weighted by atomic mass is 9.98. The number of rotatable bonds is 5. The summed E-state index contributed by atoms with van der Waals surface area (Å²) in [5.74, 6) is 1.38. The lowest BCUT2D eigenvalue weighted by Crippen LogP contribution is -2.50. The molecule has 2 fully saturated rings. The van der Waals surface area contributed by atoms with E-state index < -0.39 is 6.04 Å². The third-order valence-corrected chi connectivity index (χ3v) is 7.12. The number of ether oxygens (including phenoxy) is 1. The molecule has 0 radical (unpaired) electrons. The lowest BCUT2D eigenvalue weighted by molar-refractivity contribution is -0.138. The molecular formula is C22H24N2O3S. The van der Waals surface area contributed by atoms with Crippen molar-refractivity contribution in [2.45, 2.75) is 36.7 Å². The van der Waals surface area contributed by atoms with Gasteiger partial charge >= 0.3 is 0 Å². The summed E-state index contributed by atoms with van der Waals surface area (Å²) in [7, 11) is 1.63. The van der Waals surface area contributed by atoms with Crippen molar-refractivity contribution >= 4 is 23.6 Å². The highest BCUT2D eigenvalue weighted by Gasteiger charge is 2.53. The molecule has 2 aromatic carbocycles. The van der Waals surface area contributed by atoms with Crippen molar-refractivity contribution in [3.05, 3.63) is 65.7 Å². The van der Waals surface area contributed by atoms with Gasteiger partial charge in [-0.1, -0.05) is 42.5 Å². The maximum atomic E-state index is 13.2. The number of hydrogen-bond acceptors (Lipinski definition) is 4. The monoisotopic (exact) mass is 396 g/mol. The summed E-state index contributed by atoms with van der Waals surface area (Å²) < 4.78 is 5.25. The van der Waals surface area contributed by atoms with Gasteiger partial charge in [0.1, 0.15) is 11.8 Å². The van der Waals surface area contributed by atoms with Crippen LogP contribution in [0.2, 0.25) is 0 Å². The fourth-order valence-electron chi connectivity index (χ4n) is 4.05. The van der Waals surface area contributed by atoms with Gasteiger partial charge in [-0.3, -0.25) is 9.59 Å². The Morgan fingerprint density at radius 3 is 2.54 bits per heavy atom. The maximum Gasteiger partial charge on any atom is 0.244 e. The van der Waals surface area contributed by atoms with Crippen LogP contribution in [0.3, 0.4) is 0 Å². The second-order valence-corrected chi connectivity index (χ2v) is 8.89. The molecule has 28 heavy (non-hydrogen) atoms. The number of methoxy groups -OCH3 is 1. The summed E-state index contributed by atoms with van der Waals surface area (Å²) >= 11 is 1.71. The van der Waals surface area contributed by atoms with Crippen LogP contribution in [-0.2, 0) is 9.59 Å². The quantitative estimate of drug-likeness (QED) is 0.842. The zero-order valence-corrected chi connectivity index (χ0v) is 16.9. The predicted octanol–water partition coefficient (Wildman–Crippen LogP) is 3.35. The van der Waals surface area contributed by atoms with Gasteiger partial charge in [-0.05, 0) is 36.6 Å². The second kappa shape index (κ2) is 7.51. The van der Waals surface area contributed by atoms with Gasteiger partial charge in [0.05, 0.1) is 18.0 Å².